The molecule has 2 aromatic carbocycles. The quantitative estimate of drug-likeness (QED) is 0.469. The van der Waals surface area contributed by atoms with E-state index in [-0.39, 0.29) is 6.04 Å². The first-order valence-electron chi connectivity index (χ1n) is 11.5. The predicted molar refractivity (Wildman–Crippen MR) is 122 cm³/mol. The third kappa shape index (κ3) is 4.35. The highest BCUT2D eigenvalue weighted by molar-refractivity contribution is 5.49. The summed E-state index contributed by atoms with van der Waals surface area (Å²) in [7, 11) is 1.67. The lowest BCUT2D eigenvalue weighted by Gasteiger charge is -2.36. The molecule has 2 saturated heterocycles. The van der Waals surface area contributed by atoms with Crippen molar-refractivity contribution in [2.75, 3.05) is 51.3 Å². The largest absolute Gasteiger partial charge is 0.497 e. The van der Waals surface area contributed by atoms with Crippen molar-refractivity contribution in [3.63, 3.8) is 0 Å². The van der Waals surface area contributed by atoms with Crippen LogP contribution in [0.4, 0.5) is 14.5 Å². The van der Waals surface area contributed by atoms with Gasteiger partial charge in [-0.05, 0) is 47.7 Å². The number of halogens is 2. The van der Waals surface area contributed by atoms with Crippen molar-refractivity contribution < 1.29 is 18.3 Å². The van der Waals surface area contributed by atoms with Gasteiger partial charge < -0.3 is 14.4 Å². The van der Waals surface area contributed by atoms with Crippen LogP contribution in [-0.4, -0.2) is 71.5 Å². The molecule has 3 heterocycles. The zero-order chi connectivity index (χ0) is 23.7. The molecule has 0 amide bonds. The Morgan fingerprint density at radius 3 is 2.47 bits per heavy atom. The minimum Gasteiger partial charge on any atom is -0.497 e. The van der Waals surface area contributed by atoms with Gasteiger partial charge in [0.25, 0.3) is 0 Å². The van der Waals surface area contributed by atoms with Crippen LogP contribution in [0.15, 0.2) is 42.5 Å². The number of hydrogen-bond acceptors (Lipinski definition) is 7. The van der Waals surface area contributed by atoms with Crippen LogP contribution in [0, 0.1) is 11.6 Å². The zero-order valence-electron chi connectivity index (χ0n) is 19.3. The Balaban J connectivity index is 1.19. The summed E-state index contributed by atoms with van der Waals surface area (Å²) in [6.07, 6.45) is 0.669. The number of rotatable bonds is 8. The molecule has 34 heavy (non-hydrogen) atoms. The Hall–Kier alpha value is -3.11. The van der Waals surface area contributed by atoms with Crippen LogP contribution in [0.1, 0.15) is 24.4 Å². The number of methoxy groups -OCH3 is 1. The van der Waals surface area contributed by atoms with Gasteiger partial charge in [-0.1, -0.05) is 6.07 Å². The molecule has 2 atom stereocenters. The number of ether oxygens (including phenoxy) is 2. The smallest absolute Gasteiger partial charge is 0.153 e. The van der Waals surface area contributed by atoms with Crippen LogP contribution in [0.25, 0.3) is 0 Å². The predicted octanol–water partition coefficient (Wildman–Crippen LogP) is 2.81. The second kappa shape index (κ2) is 9.27. The first kappa shape index (κ1) is 22.7. The van der Waals surface area contributed by atoms with E-state index in [9.17, 15) is 8.78 Å². The average Bonchev–Trinajstić information content (AvgIpc) is 3.52. The number of benzene rings is 2. The standard InChI is InChI=1S/C24H28F2N6O2/c1-17(24(16-34-24)21-8-3-18(25)15-22(21)26)32-23(27-28-29-32)9-10-30-11-13-31(14-12-30)19-4-6-20(33-2)7-5-19/h3-8,15,17H,9-14,16H2,1-2H3. The normalized spacial score (nSPS) is 21.5. The highest BCUT2D eigenvalue weighted by Gasteiger charge is 2.54. The van der Waals surface area contributed by atoms with Gasteiger partial charge in [0.1, 0.15) is 23.0 Å². The maximum Gasteiger partial charge on any atom is 0.153 e. The lowest BCUT2D eigenvalue weighted by molar-refractivity contribution is 0.206. The molecule has 0 aliphatic carbocycles. The molecule has 0 bridgehead atoms. The molecular formula is C24H28F2N6O2. The number of nitrogens with zero attached hydrogens (tertiary/aromatic N) is 6. The highest BCUT2D eigenvalue weighted by Crippen LogP contribution is 2.48. The van der Waals surface area contributed by atoms with E-state index >= 15 is 0 Å². The lowest BCUT2D eigenvalue weighted by atomic mass is 9.92. The molecule has 8 nitrogen and oxygen atoms in total. The fourth-order valence-electron chi connectivity index (χ4n) is 4.69. The van der Waals surface area contributed by atoms with Gasteiger partial charge in [-0.3, -0.25) is 4.90 Å². The first-order valence-corrected chi connectivity index (χ1v) is 11.5. The molecule has 10 heteroatoms. The molecule has 2 unspecified atom stereocenters. The lowest BCUT2D eigenvalue weighted by Crippen LogP contribution is -2.47. The average molecular weight is 471 g/mol. The molecule has 5 rings (SSSR count). The van der Waals surface area contributed by atoms with Crippen molar-refractivity contribution in [2.45, 2.75) is 25.0 Å². The Morgan fingerprint density at radius 2 is 1.82 bits per heavy atom. The van der Waals surface area contributed by atoms with Crippen LogP contribution >= 0.6 is 0 Å². The number of hydrogen-bond donors (Lipinski definition) is 0. The number of anilines is 1. The van der Waals surface area contributed by atoms with Gasteiger partial charge in [0.15, 0.2) is 5.82 Å². The summed E-state index contributed by atoms with van der Waals surface area (Å²) < 4.78 is 40.5. The first-order chi connectivity index (χ1) is 16.5. The second-order valence-electron chi connectivity index (χ2n) is 8.79. The number of piperazine rings is 1. The maximum absolute atomic E-state index is 14.5. The SMILES string of the molecule is COc1ccc(N2CCN(CCc3nnnn3C(C)C3(c4ccc(F)cc4F)CO3)CC2)cc1. The molecule has 0 radical (unpaired) electrons. The molecule has 2 aliphatic heterocycles. The summed E-state index contributed by atoms with van der Waals surface area (Å²) in [5, 5.41) is 12.2. The van der Waals surface area contributed by atoms with Gasteiger partial charge in [-0.25, -0.2) is 13.5 Å². The minimum absolute atomic E-state index is 0.329. The van der Waals surface area contributed by atoms with Gasteiger partial charge in [-0.15, -0.1) is 5.10 Å². The minimum atomic E-state index is -0.883. The van der Waals surface area contributed by atoms with Crippen LogP contribution in [0.3, 0.4) is 0 Å². The Bertz CT molecular complexity index is 1130. The van der Waals surface area contributed by atoms with Crippen molar-refractivity contribution in [3.05, 3.63) is 65.5 Å². The van der Waals surface area contributed by atoms with Crippen LogP contribution < -0.4 is 9.64 Å². The highest BCUT2D eigenvalue weighted by atomic mass is 19.1. The number of tetrazole rings is 1. The molecule has 0 spiro atoms. The van der Waals surface area contributed by atoms with Crippen LogP contribution in [0.5, 0.6) is 5.75 Å². The molecule has 3 aromatic rings. The van der Waals surface area contributed by atoms with Crippen molar-refractivity contribution in [1.29, 1.82) is 0 Å². The van der Waals surface area contributed by atoms with Crippen molar-refractivity contribution >= 4 is 5.69 Å². The fraction of sp³-hybridized carbons (Fsp3) is 0.458. The van der Waals surface area contributed by atoms with Crippen LogP contribution in [-0.2, 0) is 16.8 Å². The van der Waals surface area contributed by atoms with E-state index in [1.807, 2.05) is 19.1 Å². The summed E-state index contributed by atoms with van der Waals surface area (Å²) in [6.45, 7) is 6.83. The Labute approximate surface area is 197 Å². The zero-order valence-corrected chi connectivity index (χ0v) is 19.3. The van der Waals surface area contributed by atoms with E-state index in [2.05, 4.69) is 37.5 Å². The van der Waals surface area contributed by atoms with Gasteiger partial charge in [0, 0.05) is 56.5 Å². The third-order valence-corrected chi connectivity index (χ3v) is 6.91. The van der Waals surface area contributed by atoms with E-state index in [0.29, 0.717) is 18.6 Å². The number of aromatic nitrogens is 4. The van der Waals surface area contributed by atoms with Crippen molar-refractivity contribution in [1.82, 2.24) is 25.1 Å². The summed E-state index contributed by atoms with van der Waals surface area (Å²) in [5.41, 5.74) is 0.643. The van der Waals surface area contributed by atoms with Gasteiger partial charge >= 0.3 is 0 Å². The van der Waals surface area contributed by atoms with Gasteiger partial charge in [0.2, 0.25) is 0 Å². The van der Waals surface area contributed by atoms with Gasteiger partial charge in [-0.2, -0.15) is 0 Å². The third-order valence-electron chi connectivity index (χ3n) is 6.91. The van der Waals surface area contributed by atoms with E-state index in [4.69, 9.17) is 9.47 Å². The summed E-state index contributed by atoms with van der Waals surface area (Å²) in [6, 6.07) is 11.4. The second-order valence-corrected chi connectivity index (χ2v) is 8.79. The Kier molecular flexibility index (Phi) is 6.18. The summed E-state index contributed by atoms with van der Waals surface area (Å²) in [5.74, 6) is 0.353. The Morgan fingerprint density at radius 1 is 1.09 bits per heavy atom. The van der Waals surface area contributed by atoms with E-state index in [0.717, 1.165) is 50.4 Å². The monoisotopic (exact) mass is 470 g/mol. The molecule has 2 fully saturated rings. The summed E-state index contributed by atoms with van der Waals surface area (Å²) >= 11 is 0. The fourth-order valence-corrected chi connectivity index (χ4v) is 4.69. The molecular weight excluding hydrogens is 442 g/mol. The molecule has 1 aromatic heterocycles. The molecule has 0 saturated carbocycles. The van der Waals surface area contributed by atoms with Crippen LogP contribution in [0.2, 0.25) is 0 Å². The summed E-state index contributed by atoms with van der Waals surface area (Å²) in [4.78, 5) is 4.76. The molecule has 180 valence electrons. The maximum atomic E-state index is 14.5. The molecule has 2 aliphatic rings. The van der Waals surface area contributed by atoms with E-state index in [1.165, 1.54) is 17.8 Å². The topological polar surface area (TPSA) is 71.8 Å². The van der Waals surface area contributed by atoms with Crippen molar-refractivity contribution in [2.24, 2.45) is 0 Å². The van der Waals surface area contributed by atoms with E-state index in [1.54, 1.807) is 11.8 Å². The van der Waals surface area contributed by atoms with Gasteiger partial charge in [0.05, 0.1) is 19.8 Å². The van der Waals surface area contributed by atoms with Crippen molar-refractivity contribution in [3.8, 4) is 5.75 Å². The number of epoxide rings is 1. The molecule has 0 N–H and O–H groups in total. The van der Waals surface area contributed by atoms with E-state index < -0.39 is 17.2 Å².